The molecule has 3 aromatic carbocycles. The SMILES string of the molecule is CCOC(=O)Cn1c(=NC(=O)c2cc3ccccc3cc2OC)sc2cc3c(cc21)OCO3. The fourth-order valence-electron chi connectivity index (χ4n) is 3.74. The van der Waals surface area contributed by atoms with Gasteiger partial charge in [0.15, 0.2) is 16.3 Å². The summed E-state index contributed by atoms with van der Waals surface area (Å²) in [5.74, 6) is 0.725. The molecule has 0 fully saturated rings. The van der Waals surface area contributed by atoms with Gasteiger partial charge in [0, 0.05) is 12.1 Å². The molecular formula is C24H20N2O6S. The first-order valence-corrected chi connectivity index (χ1v) is 11.1. The second-order valence-corrected chi connectivity index (χ2v) is 8.27. The summed E-state index contributed by atoms with van der Waals surface area (Å²) in [6.45, 7) is 2.05. The molecular weight excluding hydrogens is 444 g/mol. The number of fused-ring (bicyclic) bond motifs is 3. The van der Waals surface area contributed by atoms with Crippen LogP contribution >= 0.6 is 11.3 Å². The predicted octanol–water partition coefficient (Wildman–Crippen LogP) is 3.90. The third-order valence-electron chi connectivity index (χ3n) is 5.27. The van der Waals surface area contributed by atoms with E-state index in [1.54, 1.807) is 23.6 Å². The van der Waals surface area contributed by atoms with Crippen molar-refractivity contribution in [2.45, 2.75) is 13.5 Å². The third-order valence-corrected chi connectivity index (χ3v) is 6.31. The maximum absolute atomic E-state index is 13.3. The van der Waals surface area contributed by atoms with Crippen molar-refractivity contribution in [2.24, 2.45) is 4.99 Å². The molecule has 2 heterocycles. The van der Waals surface area contributed by atoms with Crippen molar-refractivity contribution >= 4 is 44.2 Å². The fourth-order valence-corrected chi connectivity index (χ4v) is 4.77. The summed E-state index contributed by atoms with van der Waals surface area (Å²) in [7, 11) is 1.52. The molecule has 0 unspecified atom stereocenters. The molecule has 9 heteroatoms. The fraction of sp³-hybridized carbons (Fsp3) is 0.208. The van der Waals surface area contributed by atoms with Crippen LogP contribution in [0.5, 0.6) is 17.2 Å². The van der Waals surface area contributed by atoms with Gasteiger partial charge in [-0.2, -0.15) is 4.99 Å². The van der Waals surface area contributed by atoms with E-state index in [1.165, 1.54) is 18.4 Å². The van der Waals surface area contributed by atoms with Crippen LogP contribution in [-0.2, 0) is 16.1 Å². The summed E-state index contributed by atoms with van der Waals surface area (Å²) >= 11 is 1.28. The van der Waals surface area contributed by atoms with Crippen molar-refractivity contribution in [1.29, 1.82) is 0 Å². The minimum absolute atomic E-state index is 0.0888. The van der Waals surface area contributed by atoms with Crippen molar-refractivity contribution < 1.29 is 28.5 Å². The lowest BCUT2D eigenvalue weighted by molar-refractivity contribution is -0.143. The minimum Gasteiger partial charge on any atom is -0.496 e. The van der Waals surface area contributed by atoms with Crippen LogP contribution in [0.25, 0.3) is 21.0 Å². The van der Waals surface area contributed by atoms with Crippen LogP contribution in [0.3, 0.4) is 0 Å². The molecule has 0 N–H and O–H groups in total. The molecule has 1 amide bonds. The first-order valence-electron chi connectivity index (χ1n) is 10.3. The molecule has 1 aromatic heterocycles. The van der Waals surface area contributed by atoms with Gasteiger partial charge in [-0.05, 0) is 29.8 Å². The first kappa shape index (κ1) is 21.0. The highest BCUT2D eigenvalue weighted by Gasteiger charge is 2.20. The molecule has 0 saturated heterocycles. The Morgan fingerprint density at radius 1 is 1.09 bits per heavy atom. The Kier molecular flexibility index (Phi) is 5.47. The topological polar surface area (TPSA) is 88.4 Å². The Labute approximate surface area is 192 Å². The van der Waals surface area contributed by atoms with E-state index >= 15 is 0 Å². The minimum atomic E-state index is -0.471. The molecule has 8 nitrogen and oxygen atoms in total. The predicted molar refractivity (Wildman–Crippen MR) is 123 cm³/mol. The number of thiazole rings is 1. The Morgan fingerprint density at radius 2 is 1.82 bits per heavy atom. The van der Waals surface area contributed by atoms with Gasteiger partial charge in [-0.15, -0.1) is 0 Å². The second-order valence-electron chi connectivity index (χ2n) is 7.27. The van der Waals surface area contributed by atoms with Gasteiger partial charge < -0.3 is 23.5 Å². The van der Waals surface area contributed by atoms with E-state index in [9.17, 15) is 9.59 Å². The largest absolute Gasteiger partial charge is 0.496 e. The highest BCUT2D eigenvalue weighted by Crippen LogP contribution is 2.37. The lowest BCUT2D eigenvalue weighted by Gasteiger charge is -2.08. The van der Waals surface area contributed by atoms with Gasteiger partial charge in [0.25, 0.3) is 5.91 Å². The van der Waals surface area contributed by atoms with Gasteiger partial charge in [-0.3, -0.25) is 9.59 Å². The quantitative estimate of drug-likeness (QED) is 0.416. The Hall–Kier alpha value is -3.85. The number of carbonyl (C=O) groups is 2. The van der Waals surface area contributed by atoms with E-state index in [0.717, 1.165) is 15.5 Å². The van der Waals surface area contributed by atoms with Crippen LogP contribution in [-0.4, -0.2) is 37.0 Å². The van der Waals surface area contributed by atoms with E-state index in [4.69, 9.17) is 18.9 Å². The van der Waals surface area contributed by atoms with Crippen LogP contribution in [0, 0.1) is 0 Å². The van der Waals surface area contributed by atoms with E-state index in [-0.39, 0.29) is 19.9 Å². The standard InChI is InChI=1S/C24H20N2O6S/c1-3-30-22(27)12-26-17-10-19-20(32-13-31-19)11-21(17)33-24(26)25-23(28)16-8-14-6-4-5-7-15(14)9-18(16)29-2/h4-11H,3,12-13H2,1-2H3. The number of rotatable bonds is 5. The molecule has 168 valence electrons. The number of ether oxygens (including phenoxy) is 4. The van der Waals surface area contributed by atoms with Gasteiger partial charge in [0.2, 0.25) is 6.79 Å². The lowest BCUT2D eigenvalue weighted by atomic mass is 10.1. The molecule has 0 atom stereocenters. The highest BCUT2D eigenvalue weighted by atomic mass is 32.1. The van der Waals surface area contributed by atoms with Crippen molar-refractivity contribution in [3.8, 4) is 17.2 Å². The number of carbonyl (C=O) groups excluding carboxylic acids is 2. The molecule has 1 aliphatic heterocycles. The van der Waals surface area contributed by atoms with Gasteiger partial charge in [-0.25, -0.2) is 0 Å². The molecule has 0 aliphatic carbocycles. The number of benzene rings is 3. The average Bonchev–Trinajstić information content (AvgIpc) is 3.40. The molecule has 4 aromatic rings. The summed E-state index contributed by atoms with van der Waals surface area (Å²) in [6.07, 6.45) is 0. The number of hydrogen-bond acceptors (Lipinski definition) is 7. The maximum atomic E-state index is 13.3. The molecule has 5 rings (SSSR count). The molecule has 33 heavy (non-hydrogen) atoms. The number of aromatic nitrogens is 1. The summed E-state index contributed by atoms with van der Waals surface area (Å²) in [6, 6.07) is 14.9. The zero-order valence-corrected chi connectivity index (χ0v) is 18.8. The van der Waals surface area contributed by atoms with Crippen molar-refractivity contribution in [3.05, 3.63) is 58.9 Å². The van der Waals surface area contributed by atoms with E-state index in [2.05, 4.69) is 4.99 Å². The monoisotopic (exact) mass is 464 g/mol. The average molecular weight is 464 g/mol. The first-order chi connectivity index (χ1) is 16.1. The Bertz CT molecular complexity index is 1470. The van der Waals surface area contributed by atoms with E-state index in [0.29, 0.717) is 33.1 Å². The van der Waals surface area contributed by atoms with Crippen LogP contribution in [0.4, 0.5) is 0 Å². The highest BCUT2D eigenvalue weighted by molar-refractivity contribution is 7.16. The molecule has 1 aliphatic rings. The number of methoxy groups -OCH3 is 1. The van der Waals surface area contributed by atoms with E-state index in [1.807, 2.05) is 36.4 Å². The lowest BCUT2D eigenvalue weighted by Crippen LogP contribution is -2.23. The van der Waals surface area contributed by atoms with Crippen molar-refractivity contribution in [3.63, 3.8) is 0 Å². The zero-order valence-electron chi connectivity index (χ0n) is 18.0. The molecule has 0 bridgehead atoms. The summed E-state index contributed by atoms with van der Waals surface area (Å²) in [5.41, 5.74) is 1.04. The summed E-state index contributed by atoms with van der Waals surface area (Å²) in [4.78, 5) is 30.3. The number of nitrogens with zero attached hydrogens (tertiary/aromatic N) is 2. The number of hydrogen-bond donors (Lipinski definition) is 0. The normalized spacial score (nSPS) is 13.0. The molecule has 0 radical (unpaired) electrons. The third kappa shape index (κ3) is 3.91. The van der Waals surface area contributed by atoms with Crippen LogP contribution in [0.1, 0.15) is 17.3 Å². The van der Waals surface area contributed by atoms with Crippen LogP contribution in [0.15, 0.2) is 53.5 Å². The number of amides is 1. The van der Waals surface area contributed by atoms with Gasteiger partial charge >= 0.3 is 5.97 Å². The van der Waals surface area contributed by atoms with Crippen LogP contribution in [0.2, 0.25) is 0 Å². The Balaban J connectivity index is 1.65. The Morgan fingerprint density at radius 3 is 2.55 bits per heavy atom. The second kappa shape index (κ2) is 8.59. The van der Waals surface area contributed by atoms with Crippen LogP contribution < -0.4 is 19.0 Å². The van der Waals surface area contributed by atoms with Crippen molar-refractivity contribution in [1.82, 2.24) is 4.57 Å². The summed E-state index contributed by atoms with van der Waals surface area (Å²) < 4.78 is 24.0. The maximum Gasteiger partial charge on any atom is 0.326 e. The van der Waals surface area contributed by atoms with Crippen molar-refractivity contribution in [2.75, 3.05) is 20.5 Å². The summed E-state index contributed by atoms with van der Waals surface area (Å²) in [5, 5.41) is 1.86. The molecule has 0 spiro atoms. The zero-order chi connectivity index (χ0) is 22.9. The number of esters is 1. The molecule has 0 saturated carbocycles. The van der Waals surface area contributed by atoms with E-state index < -0.39 is 11.9 Å². The smallest absolute Gasteiger partial charge is 0.326 e. The van der Waals surface area contributed by atoms with Gasteiger partial charge in [0.1, 0.15) is 12.3 Å². The van der Waals surface area contributed by atoms with Gasteiger partial charge in [-0.1, -0.05) is 35.6 Å². The van der Waals surface area contributed by atoms with Gasteiger partial charge in [0.05, 0.1) is 29.5 Å².